The zero-order valence-corrected chi connectivity index (χ0v) is 11.0. The number of β-amino-alcohol motifs (C(OH)–C–C–N with tert-alkyl or cyclic N) is 1. The number of hydrogen-bond acceptors (Lipinski definition) is 3. The first-order chi connectivity index (χ1) is 9.10. The van der Waals surface area contributed by atoms with Crippen molar-refractivity contribution >= 4 is 5.91 Å². The summed E-state index contributed by atoms with van der Waals surface area (Å²) in [6.45, 7) is 3.26. The summed E-state index contributed by atoms with van der Waals surface area (Å²) in [6.07, 6.45) is 0.252. The molecular weight excluding hydrogens is 240 g/mol. The van der Waals surface area contributed by atoms with E-state index >= 15 is 0 Å². The molecule has 100 valence electrons. The van der Waals surface area contributed by atoms with Crippen molar-refractivity contribution in [3.63, 3.8) is 0 Å². The molecule has 3 N–H and O–H groups in total. The van der Waals surface area contributed by atoms with Gasteiger partial charge in [-0.1, -0.05) is 11.8 Å². The summed E-state index contributed by atoms with van der Waals surface area (Å²) < 4.78 is 0. The second-order valence-electron chi connectivity index (χ2n) is 4.79. The molecule has 19 heavy (non-hydrogen) atoms. The minimum atomic E-state index is -0.398. The Bertz CT molecular complexity index is 543. The van der Waals surface area contributed by atoms with Crippen LogP contribution in [0.5, 0.6) is 0 Å². The van der Waals surface area contributed by atoms with E-state index in [1.165, 1.54) is 0 Å². The molecule has 4 heteroatoms. The van der Waals surface area contributed by atoms with Crippen LogP contribution in [-0.4, -0.2) is 41.7 Å². The van der Waals surface area contributed by atoms with Gasteiger partial charge in [0.2, 0.25) is 0 Å². The molecular formula is C15H18N2O2. The van der Waals surface area contributed by atoms with Crippen molar-refractivity contribution in [2.24, 2.45) is 5.73 Å². The number of nitrogens with zero attached hydrogens (tertiary/aromatic N) is 1. The van der Waals surface area contributed by atoms with Gasteiger partial charge in [0.1, 0.15) is 0 Å². The molecule has 1 saturated heterocycles. The fourth-order valence-corrected chi connectivity index (χ4v) is 2.24. The number of aliphatic hydroxyl groups is 1. The van der Waals surface area contributed by atoms with Gasteiger partial charge in [-0.05, 0) is 37.1 Å². The maximum atomic E-state index is 12.3. The number of aryl methyl sites for hydroxylation is 1. The summed E-state index contributed by atoms with van der Waals surface area (Å²) in [4.78, 5) is 14.0. The second-order valence-corrected chi connectivity index (χ2v) is 4.79. The van der Waals surface area contributed by atoms with E-state index in [1.54, 1.807) is 11.0 Å². The van der Waals surface area contributed by atoms with Gasteiger partial charge in [-0.2, -0.15) is 0 Å². The van der Waals surface area contributed by atoms with Gasteiger partial charge in [0.05, 0.1) is 12.6 Å². The average Bonchev–Trinajstić information content (AvgIpc) is 2.81. The van der Waals surface area contributed by atoms with Crippen LogP contribution in [-0.2, 0) is 0 Å². The van der Waals surface area contributed by atoms with E-state index in [1.807, 2.05) is 19.1 Å². The number of carbonyl (C=O) groups is 1. The molecule has 1 aromatic rings. The third-order valence-electron chi connectivity index (χ3n) is 3.11. The number of benzene rings is 1. The van der Waals surface area contributed by atoms with Gasteiger partial charge in [-0.3, -0.25) is 4.79 Å². The maximum Gasteiger partial charge on any atom is 0.253 e. The van der Waals surface area contributed by atoms with Crippen molar-refractivity contribution in [2.45, 2.75) is 19.4 Å². The van der Waals surface area contributed by atoms with Crippen LogP contribution >= 0.6 is 0 Å². The van der Waals surface area contributed by atoms with Gasteiger partial charge < -0.3 is 15.7 Å². The predicted octanol–water partition coefficient (Wildman–Crippen LogP) is 0.512. The SMILES string of the molecule is Cc1cc(C#CCN)cc(C(=O)N2CCC(O)C2)c1. The minimum Gasteiger partial charge on any atom is -0.391 e. The number of amides is 1. The Hall–Kier alpha value is -1.83. The minimum absolute atomic E-state index is 0.0453. The molecule has 1 unspecified atom stereocenters. The molecule has 2 rings (SSSR count). The van der Waals surface area contributed by atoms with Crippen LogP contribution in [0.4, 0.5) is 0 Å². The van der Waals surface area contributed by atoms with Crippen LogP contribution in [0.3, 0.4) is 0 Å². The first kappa shape index (κ1) is 13.6. The van der Waals surface area contributed by atoms with Crippen molar-refractivity contribution < 1.29 is 9.90 Å². The first-order valence-corrected chi connectivity index (χ1v) is 6.38. The molecule has 1 aromatic carbocycles. The monoisotopic (exact) mass is 258 g/mol. The number of aliphatic hydroxyl groups excluding tert-OH is 1. The summed E-state index contributed by atoms with van der Waals surface area (Å²) in [5.74, 6) is 5.69. The molecule has 1 amide bonds. The molecule has 1 atom stereocenters. The third kappa shape index (κ3) is 3.34. The molecule has 0 aromatic heterocycles. The fourth-order valence-electron chi connectivity index (χ4n) is 2.24. The van der Waals surface area contributed by atoms with Gasteiger partial charge >= 0.3 is 0 Å². The number of hydrogen-bond donors (Lipinski definition) is 2. The van der Waals surface area contributed by atoms with Crippen LogP contribution < -0.4 is 5.73 Å². The molecule has 1 aliphatic rings. The quantitative estimate of drug-likeness (QED) is 0.721. The molecule has 0 bridgehead atoms. The first-order valence-electron chi connectivity index (χ1n) is 6.38. The topological polar surface area (TPSA) is 66.6 Å². The Kier molecular flexibility index (Phi) is 4.20. The number of rotatable bonds is 1. The van der Waals surface area contributed by atoms with Gasteiger partial charge in [-0.15, -0.1) is 0 Å². The lowest BCUT2D eigenvalue weighted by Gasteiger charge is -2.16. The van der Waals surface area contributed by atoms with E-state index in [-0.39, 0.29) is 5.91 Å². The Labute approximate surface area is 113 Å². The van der Waals surface area contributed by atoms with E-state index in [0.29, 0.717) is 31.6 Å². The van der Waals surface area contributed by atoms with Crippen LogP contribution in [0.25, 0.3) is 0 Å². The van der Waals surface area contributed by atoms with Gasteiger partial charge in [0.15, 0.2) is 0 Å². The van der Waals surface area contributed by atoms with Crippen molar-refractivity contribution in [3.05, 3.63) is 34.9 Å². The average molecular weight is 258 g/mol. The van der Waals surface area contributed by atoms with Crippen LogP contribution in [0.2, 0.25) is 0 Å². The summed E-state index contributed by atoms with van der Waals surface area (Å²) >= 11 is 0. The maximum absolute atomic E-state index is 12.3. The second kappa shape index (κ2) is 5.87. The Morgan fingerprint density at radius 2 is 2.32 bits per heavy atom. The highest BCUT2D eigenvalue weighted by molar-refractivity contribution is 5.95. The van der Waals surface area contributed by atoms with E-state index in [9.17, 15) is 9.90 Å². The van der Waals surface area contributed by atoms with Gasteiger partial charge in [0.25, 0.3) is 5.91 Å². The standard InChI is InChI=1S/C15H18N2O2/c1-11-7-12(3-2-5-16)9-13(8-11)15(19)17-6-4-14(18)10-17/h7-9,14,18H,4-6,10,16H2,1H3. The number of nitrogens with two attached hydrogens (primary N) is 1. The van der Waals surface area contributed by atoms with Crippen molar-refractivity contribution in [3.8, 4) is 11.8 Å². The summed E-state index contributed by atoms with van der Waals surface area (Å²) in [5, 5.41) is 9.49. The van der Waals surface area contributed by atoms with Gasteiger partial charge in [0, 0.05) is 24.2 Å². The Balaban J connectivity index is 2.24. The molecule has 0 radical (unpaired) electrons. The van der Waals surface area contributed by atoms with E-state index < -0.39 is 6.10 Å². The normalized spacial score (nSPS) is 18.1. The third-order valence-corrected chi connectivity index (χ3v) is 3.11. The molecule has 1 heterocycles. The zero-order valence-electron chi connectivity index (χ0n) is 11.0. The lowest BCUT2D eigenvalue weighted by molar-refractivity contribution is 0.0765. The smallest absolute Gasteiger partial charge is 0.253 e. The highest BCUT2D eigenvalue weighted by atomic mass is 16.3. The Morgan fingerprint density at radius 3 is 2.95 bits per heavy atom. The van der Waals surface area contributed by atoms with Crippen molar-refractivity contribution in [2.75, 3.05) is 19.6 Å². The molecule has 0 saturated carbocycles. The lowest BCUT2D eigenvalue weighted by atomic mass is 10.1. The Morgan fingerprint density at radius 1 is 1.53 bits per heavy atom. The van der Waals surface area contributed by atoms with E-state index in [4.69, 9.17) is 5.73 Å². The van der Waals surface area contributed by atoms with E-state index in [2.05, 4.69) is 11.8 Å². The largest absolute Gasteiger partial charge is 0.391 e. The number of carbonyl (C=O) groups excluding carboxylic acids is 1. The molecule has 4 nitrogen and oxygen atoms in total. The molecule has 1 aliphatic heterocycles. The predicted molar refractivity (Wildman–Crippen MR) is 73.6 cm³/mol. The lowest BCUT2D eigenvalue weighted by Crippen LogP contribution is -2.29. The molecule has 0 aliphatic carbocycles. The number of likely N-dealkylation sites (tertiary alicyclic amines) is 1. The highest BCUT2D eigenvalue weighted by Gasteiger charge is 2.25. The van der Waals surface area contributed by atoms with Crippen molar-refractivity contribution in [1.82, 2.24) is 4.90 Å². The van der Waals surface area contributed by atoms with Crippen LogP contribution in [0.1, 0.15) is 27.9 Å². The van der Waals surface area contributed by atoms with Crippen LogP contribution in [0.15, 0.2) is 18.2 Å². The van der Waals surface area contributed by atoms with Crippen molar-refractivity contribution in [1.29, 1.82) is 0 Å². The fraction of sp³-hybridized carbons (Fsp3) is 0.400. The molecule has 1 fully saturated rings. The summed E-state index contributed by atoms with van der Waals surface area (Å²) in [6, 6.07) is 5.56. The van der Waals surface area contributed by atoms with Gasteiger partial charge in [-0.25, -0.2) is 0 Å². The highest BCUT2D eigenvalue weighted by Crippen LogP contribution is 2.16. The summed E-state index contributed by atoms with van der Waals surface area (Å²) in [5.41, 5.74) is 7.76. The molecule has 0 spiro atoms. The zero-order chi connectivity index (χ0) is 13.8. The van der Waals surface area contributed by atoms with E-state index in [0.717, 1.165) is 11.1 Å². The summed E-state index contributed by atoms with van der Waals surface area (Å²) in [7, 11) is 0. The van der Waals surface area contributed by atoms with Crippen LogP contribution in [0, 0.1) is 18.8 Å².